The predicted molar refractivity (Wildman–Crippen MR) is 75.6 cm³/mol. The van der Waals surface area contributed by atoms with Crippen molar-refractivity contribution in [2.75, 3.05) is 28.4 Å². The largest absolute Gasteiger partial charge is 0.356 e. The Hall–Kier alpha value is 0.274. The summed E-state index contributed by atoms with van der Waals surface area (Å²) in [5.41, 5.74) is 0. The quantitative estimate of drug-likeness (QED) is 0.296. The Morgan fingerprint density at radius 3 is 1.22 bits per heavy atom. The molecule has 0 aliphatic rings. The van der Waals surface area contributed by atoms with Crippen LogP contribution in [0.3, 0.4) is 0 Å². The first-order valence-electron chi connectivity index (χ1n) is 6.31. The average Bonchev–Trinajstić information content (AvgIpc) is 2.41. The van der Waals surface area contributed by atoms with Crippen molar-refractivity contribution in [3.8, 4) is 0 Å². The van der Waals surface area contributed by atoms with Gasteiger partial charge in [-0.3, -0.25) is 0 Å². The third-order valence-corrected chi connectivity index (χ3v) is 5.64. The molecule has 0 unspecified atom stereocenters. The lowest BCUT2D eigenvalue weighted by Gasteiger charge is -2.13. The molecule has 0 rings (SSSR count). The smallest absolute Gasteiger partial charge is 0.156 e. The Kier molecular flexibility index (Phi) is 13.9. The van der Waals surface area contributed by atoms with Gasteiger partial charge < -0.3 is 18.9 Å². The van der Waals surface area contributed by atoms with E-state index in [1.165, 1.54) is 24.2 Å². The van der Waals surface area contributed by atoms with Gasteiger partial charge in [-0.25, -0.2) is 0 Å². The van der Waals surface area contributed by atoms with Gasteiger partial charge in [-0.05, 0) is 12.8 Å². The van der Waals surface area contributed by atoms with Crippen molar-refractivity contribution < 1.29 is 18.9 Å². The highest BCUT2D eigenvalue weighted by Crippen LogP contribution is 2.06. The second kappa shape index (κ2) is 13.7. The van der Waals surface area contributed by atoms with Crippen LogP contribution in [0.25, 0.3) is 0 Å². The Labute approximate surface area is 116 Å². The normalized spacial score (nSPS) is 11.7. The highest BCUT2D eigenvalue weighted by molar-refractivity contribution is 6.42. The maximum Gasteiger partial charge on any atom is 0.156 e. The van der Waals surface area contributed by atoms with Crippen molar-refractivity contribution in [3.63, 3.8) is 0 Å². The Morgan fingerprint density at radius 1 is 0.611 bits per heavy atom. The van der Waals surface area contributed by atoms with E-state index in [9.17, 15) is 0 Å². The van der Waals surface area contributed by atoms with Gasteiger partial charge in [-0.15, -0.1) is 0 Å². The molecule has 0 saturated heterocycles. The number of ether oxygens (including phenoxy) is 4. The van der Waals surface area contributed by atoms with Gasteiger partial charge >= 0.3 is 0 Å². The van der Waals surface area contributed by atoms with Crippen LogP contribution in [-0.4, -0.2) is 60.1 Å². The zero-order chi connectivity index (χ0) is 13.6. The molecule has 0 amide bonds. The lowest BCUT2D eigenvalue weighted by Crippen LogP contribution is -2.14. The first kappa shape index (κ1) is 18.3. The maximum atomic E-state index is 5.15. The summed E-state index contributed by atoms with van der Waals surface area (Å²) in [5.74, 6) is 0. The van der Waals surface area contributed by atoms with Crippen LogP contribution in [0.2, 0.25) is 24.2 Å². The molecule has 0 aliphatic heterocycles. The van der Waals surface area contributed by atoms with Crippen LogP contribution < -0.4 is 0 Å². The molecule has 4 radical (unpaired) electrons. The van der Waals surface area contributed by atoms with Gasteiger partial charge in [0.05, 0.1) is 0 Å². The molecular formula is C12H26O4Si2. The highest BCUT2D eigenvalue weighted by atomic mass is 28.2. The molecule has 0 fully saturated rings. The summed E-state index contributed by atoms with van der Waals surface area (Å²) >= 11 is 0. The molecule has 0 bridgehead atoms. The monoisotopic (exact) mass is 290 g/mol. The van der Waals surface area contributed by atoms with E-state index >= 15 is 0 Å². The summed E-state index contributed by atoms with van der Waals surface area (Å²) in [4.78, 5) is 0. The fraction of sp³-hybridized carbons (Fsp3) is 1.00. The standard InChI is InChI=1S/C12H26O4Si2/c1-13-11(14-2)5-7-17-9-10-18-8-6-12(15-3)16-4/h11-12H,5-10H2,1-4H3. The van der Waals surface area contributed by atoms with Gasteiger partial charge in [0.15, 0.2) is 12.6 Å². The van der Waals surface area contributed by atoms with Crippen LogP contribution in [-0.2, 0) is 18.9 Å². The van der Waals surface area contributed by atoms with E-state index in [-0.39, 0.29) is 12.6 Å². The molecule has 0 aliphatic carbocycles. The summed E-state index contributed by atoms with van der Waals surface area (Å²) < 4.78 is 20.6. The van der Waals surface area contributed by atoms with E-state index < -0.39 is 0 Å². The minimum Gasteiger partial charge on any atom is -0.356 e. The fourth-order valence-electron chi connectivity index (χ4n) is 1.53. The third kappa shape index (κ3) is 10.2. The minimum absolute atomic E-state index is 0.0240. The molecule has 0 spiro atoms. The third-order valence-electron chi connectivity index (χ3n) is 2.64. The van der Waals surface area contributed by atoms with Crippen molar-refractivity contribution in [2.45, 2.75) is 49.6 Å². The second-order valence-electron chi connectivity index (χ2n) is 3.88. The molecule has 0 aromatic heterocycles. The summed E-state index contributed by atoms with van der Waals surface area (Å²) in [6.45, 7) is 0. The number of hydrogen-bond donors (Lipinski definition) is 0. The van der Waals surface area contributed by atoms with Crippen molar-refractivity contribution in [3.05, 3.63) is 0 Å². The zero-order valence-corrected chi connectivity index (χ0v) is 14.0. The molecule has 18 heavy (non-hydrogen) atoms. The Bertz CT molecular complexity index is 146. The lowest BCUT2D eigenvalue weighted by molar-refractivity contribution is -0.103. The molecule has 0 aromatic carbocycles. The summed E-state index contributed by atoms with van der Waals surface area (Å²) in [7, 11) is 8.82. The van der Waals surface area contributed by atoms with Crippen molar-refractivity contribution in [2.24, 2.45) is 0 Å². The first-order chi connectivity index (χ1) is 8.78. The van der Waals surface area contributed by atoms with Crippen LogP contribution in [0.5, 0.6) is 0 Å². The van der Waals surface area contributed by atoms with Crippen LogP contribution in [0.1, 0.15) is 12.8 Å². The minimum atomic E-state index is -0.0240. The van der Waals surface area contributed by atoms with Crippen LogP contribution in [0, 0.1) is 0 Å². The van der Waals surface area contributed by atoms with Crippen LogP contribution >= 0.6 is 0 Å². The van der Waals surface area contributed by atoms with Gasteiger partial charge in [-0.1, -0.05) is 24.2 Å². The summed E-state index contributed by atoms with van der Waals surface area (Å²) in [6, 6.07) is 5.05. The van der Waals surface area contributed by atoms with E-state index in [1.54, 1.807) is 28.4 Å². The van der Waals surface area contributed by atoms with Crippen molar-refractivity contribution in [1.82, 2.24) is 0 Å². The molecule has 106 valence electrons. The van der Waals surface area contributed by atoms with Crippen LogP contribution in [0.4, 0.5) is 0 Å². The average molecular weight is 291 g/mol. The topological polar surface area (TPSA) is 36.9 Å². The zero-order valence-electron chi connectivity index (χ0n) is 12.0. The van der Waals surface area contributed by atoms with Gasteiger partial charge in [0.2, 0.25) is 0 Å². The van der Waals surface area contributed by atoms with Crippen molar-refractivity contribution in [1.29, 1.82) is 0 Å². The van der Waals surface area contributed by atoms with Gasteiger partial charge in [0.25, 0.3) is 0 Å². The van der Waals surface area contributed by atoms with Gasteiger partial charge in [0.1, 0.15) is 0 Å². The number of methoxy groups -OCH3 is 4. The van der Waals surface area contributed by atoms with E-state index in [0.717, 1.165) is 31.9 Å². The molecule has 0 aromatic rings. The molecular weight excluding hydrogens is 264 g/mol. The lowest BCUT2D eigenvalue weighted by atomic mass is 10.5. The summed E-state index contributed by atoms with van der Waals surface area (Å²) in [5, 5.41) is 0. The highest BCUT2D eigenvalue weighted by Gasteiger charge is 2.05. The van der Waals surface area contributed by atoms with Crippen LogP contribution in [0.15, 0.2) is 0 Å². The van der Waals surface area contributed by atoms with Crippen molar-refractivity contribution >= 4 is 19.0 Å². The molecule has 0 N–H and O–H groups in total. The fourth-order valence-corrected chi connectivity index (χ4v) is 4.32. The molecule has 0 saturated carbocycles. The van der Waals surface area contributed by atoms with E-state index in [0.29, 0.717) is 0 Å². The van der Waals surface area contributed by atoms with E-state index in [1.807, 2.05) is 0 Å². The molecule has 0 heterocycles. The molecule has 4 nitrogen and oxygen atoms in total. The molecule has 0 atom stereocenters. The van der Waals surface area contributed by atoms with Gasteiger partial charge in [0, 0.05) is 47.5 Å². The molecule has 6 heteroatoms. The first-order valence-corrected chi connectivity index (χ1v) is 9.13. The van der Waals surface area contributed by atoms with E-state index in [2.05, 4.69) is 0 Å². The number of rotatable bonds is 13. The maximum absolute atomic E-state index is 5.15. The predicted octanol–water partition coefficient (Wildman–Crippen LogP) is 2.09. The SMILES string of the molecule is COC(CC[Si]CC[Si]CCC(OC)OC)OC. The Morgan fingerprint density at radius 2 is 0.944 bits per heavy atom. The second-order valence-corrected chi connectivity index (χ2v) is 6.88. The number of hydrogen-bond acceptors (Lipinski definition) is 4. The van der Waals surface area contributed by atoms with E-state index in [4.69, 9.17) is 18.9 Å². The summed E-state index contributed by atoms with van der Waals surface area (Å²) in [6.07, 6.45) is 1.96. The van der Waals surface area contributed by atoms with Gasteiger partial charge in [-0.2, -0.15) is 0 Å². The Balaban J connectivity index is 3.21.